The third-order valence-electron chi connectivity index (χ3n) is 5.14. The first-order chi connectivity index (χ1) is 15.7. The lowest BCUT2D eigenvalue weighted by Crippen LogP contribution is -2.41. The van der Waals surface area contributed by atoms with Crippen molar-refractivity contribution in [3.63, 3.8) is 0 Å². The fraction of sp³-hybridized carbons (Fsp3) is 0.208. The molecular weight excluding hydrogens is 429 g/mol. The second-order valence-corrected chi connectivity index (χ2v) is 7.59. The Morgan fingerprint density at radius 1 is 1.15 bits per heavy atom. The van der Waals surface area contributed by atoms with Gasteiger partial charge in [-0.25, -0.2) is 9.18 Å². The van der Waals surface area contributed by atoms with Gasteiger partial charge < -0.3 is 20.1 Å². The van der Waals surface area contributed by atoms with E-state index < -0.39 is 23.3 Å². The zero-order chi connectivity index (χ0) is 24.1. The number of hydrogen-bond donors (Lipinski definition) is 3. The maximum Gasteiger partial charge on any atom is 0.326 e. The molecule has 3 N–H and O–H groups in total. The van der Waals surface area contributed by atoms with Crippen molar-refractivity contribution in [3.05, 3.63) is 87.6 Å². The fourth-order valence-corrected chi connectivity index (χ4v) is 3.38. The van der Waals surface area contributed by atoms with Gasteiger partial charge >= 0.3 is 12.0 Å². The van der Waals surface area contributed by atoms with Gasteiger partial charge in [0.25, 0.3) is 5.56 Å². The number of carbonyl (C=O) groups is 2. The Hall–Kier alpha value is -4.14. The first kappa shape index (κ1) is 23.5. The molecule has 0 unspecified atom stereocenters. The van der Waals surface area contributed by atoms with Crippen LogP contribution >= 0.6 is 0 Å². The minimum atomic E-state index is -1.09. The molecule has 0 bridgehead atoms. The molecule has 0 aliphatic rings. The quantitative estimate of drug-likeness (QED) is 0.507. The molecule has 0 saturated heterocycles. The van der Waals surface area contributed by atoms with E-state index in [4.69, 9.17) is 5.11 Å². The van der Waals surface area contributed by atoms with Crippen molar-refractivity contribution < 1.29 is 24.2 Å². The van der Waals surface area contributed by atoms with Crippen molar-refractivity contribution in [2.75, 3.05) is 11.4 Å². The van der Waals surface area contributed by atoms with Crippen molar-refractivity contribution in [1.29, 1.82) is 0 Å². The van der Waals surface area contributed by atoms with Crippen LogP contribution in [-0.2, 0) is 18.3 Å². The highest BCUT2D eigenvalue weighted by Crippen LogP contribution is 2.31. The maximum absolute atomic E-state index is 13.7. The minimum Gasteiger partial charge on any atom is -0.505 e. The van der Waals surface area contributed by atoms with Crippen LogP contribution in [0.2, 0.25) is 0 Å². The number of aromatic nitrogens is 1. The largest absolute Gasteiger partial charge is 0.505 e. The molecule has 3 rings (SSSR count). The first-order valence-corrected chi connectivity index (χ1v) is 10.2. The minimum absolute atomic E-state index is 0.166. The van der Waals surface area contributed by atoms with Crippen molar-refractivity contribution in [2.24, 2.45) is 7.05 Å². The molecule has 0 aliphatic heterocycles. The van der Waals surface area contributed by atoms with E-state index in [0.717, 1.165) is 21.6 Å². The van der Waals surface area contributed by atoms with Gasteiger partial charge in [0.2, 0.25) is 0 Å². The summed E-state index contributed by atoms with van der Waals surface area (Å²) >= 11 is 0. The fourth-order valence-electron chi connectivity index (χ4n) is 3.38. The Morgan fingerprint density at radius 2 is 1.91 bits per heavy atom. The number of carboxylic acid groups (broad SMARTS) is 1. The summed E-state index contributed by atoms with van der Waals surface area (Å²) in [4.78, 5) is 37.7. The molecule has 2 aromatic carbocycles. The summed E-state index contributed by atoms with van der Waals surface area (Å²) < 4.78 is 14.9. The lowest BCUT2D eigenvalue weighted by molar-refractivity contribution is -0.136. The number of amides is 2. The van der Waals surface area contributed by atoms with Crippen LogP contribution in [0.5, 0.6) is 5.75 Å². The SMILES string of the molecule is Cc1ccc(F)cc1Cc1cccc(N(C(=O)NCCC(=O)O)c2c(O)ccn(C)c2=O)c1. The number of carbonyl (C=O) groups excluding carboxylic acids is 1. The Morgan fingerprint density at radius 3 is 2.64 bits per heavy atom. The molecule has 0 radical (unpaired) electrons. The number of carboxylic acids is 1. The van der Waals surface area contributed by atoms with Gasteiger partial charge in [-0.1, -0.05) is 18.2 Å². The van der Waals surface area contributed by atoms with Crippen LogP contribution in [-0.4, -0.2) is 33.3 Å². The van der Waals surface area contributed by atoms with Crippen molar-refractivity contribution in [3.8, 4) is 5.75 Å². The van der Waals surface area contributed by atoms with Crippen LogP contribution in [0.1, 0.15) is 23.1 Å². The second kappa shape index (κ2) is 9.99. The number of urea groups is 1. The van der Waals surface area contributed by atoms with Gasteiger partial charge in [-0.05, 0) is 60.4 Å². The summed E-state index contributed by atoms with van der Waals surface area (Å²) in [5.74, 6) is -1.85. The van der Waals surface area contributed by atoms with Crippen molar-refractivity contribution in [2.45, 2.75) is 19.8 Å². The number of nitrogens with zero attached hydrogens (tertiary/aromatic N) is 2. The highest BCUT2D eigenvalue weighted by molar-refractivity contribution is 6.00. The normalized spacial score (nSPS) is 10.6. The highest BCUT2D eigenvalue weighted by atomic mass is 19.1. The molecule has 1 aromatic heterocycles. The predicted molar refractivity (Wildman–Crippen MR) is 122 cm³/mol. The van der Waals surface area contributed by atoms with Crippen molar-refractivity contribution >= 4 is 23.4 Å². The number of rotatable bonds is 7. The Kier molecular flexibility index (Phi) is 7.12. The first-order valence-electron chi connectivity index (χ1n) is 10.2. The van der Waals surface area contributed by atoms with Crippen LogP contribution in [0, 0.1) is 12.7 Å². The molecular formula is C24H24FN3O5. The number of hydrogen-bond acceptors (Lipinski definition) is 4. The van der Waals surface area contributed by atoms with Crippen molar-refractivity contribution in [1.82, 2.24) is 9.88 Å². The van der Waals surface area contributed by atoms with E-state index in [1.165, 1.54) is 36.0 Å². The topological polar surface area (TPSA) is 112 Å². The van der Waals surface area contributed by atoms with E-state index in [2.05, 4.69) is 5.32 Å². The molecule has 172 valence electrons. The third-order valence-corrected chi connectivity index (χ3v) is 5.14. The molecule has 33 heavy (non-hydrogen) atoms. The number of aromatic hydroxyl groups is 1. The lowest BCUT2D eigenvalue weighted by Gasteiger charge is -2.24. The molecule has 0 saturated carbocycles. The summed E-state index contributed by atoms with van der Waals surface area (Å²) in [7, 11) is 1.48. The molecule has 0 spiro atoms. The van der Waals surface area contributed by atoms with Gasteiger partial charge in [-0.15, -0.1) is 0 Å². The monoisotopic (exact) mass is 453 g/mol. The summed E-state index contributed by atoms with van der Waals surface area (Å²) in [6.07, 6.45) is 1.44. The van der Waals surface area contributed by atoms with Gasteiger partial charge in [0.15, 0.2) is 5.69 Å². The Labute approximate surface area is 189 Å². The van der Waals surface area contributed by atoms with Crippen LogP contribution in [0.3, 0.4) is 0 Å². The van der Waals surface area contributed by atoms with Crippen LogP contribution in [0.4, 0.5) is 20.6 Å². The van der Waals surface area contributed by atoms with E-state index in [1.54, 1.807) is 30.3 Å². The number of benzene rings is 2. The second-order valence-electron chi connectivity index (χ2n) is 7.59. The number of anilines is 2. The number of aryl methyl sites for hydroxylation is 2. The van der Waals surface area contributed by atoms with E-state index in [9.17, 15) is 23.9 Å². The number of aliphatic carboxylic acids is 1. The molecule has 3 aromatic rings. The van der Waals surface area contributed by atoms with Crippen LogP contribution < -0.4 is 15.8 Å². The summed E-state index contributed by atoms with van der Waals surface area (Å²) in [5, 5.41) is 21.7. The zero-order valence-electron chi connectivity index (χ0n) is 18.2. The smallest absolute Gasteiger partial charge is 0.326 e. The van der Waals surface area contributed by atoms with E-state index in [-0.39, 0.29) is 30.2 Å². The molecule has 0 atom stereocenters. The average molecular weight is 453 g/mol. The number of halogens is 1. The summed E-state index contributed by atoms with van der Waals surface area (Å²) in [6.45, 7) is 1.70. The standard InChI is InChI=1S/C24H24FN3O5/c1-15-6-7-18(25)14-17(15)12-16-4-3-5-19(13-16)28(24(33)26-10-8-21(30)31)22-20(29)9-11-27(2)23(22)32/h3-7,9,11,13-14,29H,8,10,12H2,1-2H3,(H,26,33)(H,30,31). The Balaban J connectivity index is 2.04. The third kappa shape index (κ3) is 5.57. The predicted octanol–water partition coefficient (Wildman–Crippen LogP) is 3.45. The number of pyridine rings is 1. The lowest BCUT2D eigenvalue weighted by atomic mass is 10.00. The van der Waals surface area contributed by atoms with Gasteiger partial charge in [0.05, 0.1) is 12.1 Å². The molecule has 0 aliphatic carbocycles. The summed E-state index contributed by atoms with van der Waals surface area (Å²) in [5.41, 5.74) is 1.81. The van der Waals surface area contributed by atoms with Gasteiger partial charge in [-0.2, -0.15) is 0 Å². The van der Waals surface area contributed by atoms with E-state index >= 15 is 0 Å². The molecule has 1 heterocycles. The van der Waals surface area contributed by atoms with Gasteiger partial charge in [-0.3, -0.25) is 14.5 Å². The van der Waals surface area contributed by atoms with E-state index in [1.807, 2.05) is 6.92 Å². The van der Waals surface area contributed by atoms with Gasteiger partial charge in [0, 0.05) is 19.8 Å². The van der Waals surface area contributed by atoms with Crippen LogP contribution in [0.25, 0.3) is 0 Å². The molecule has 2 amide bonds. The molecule has 0 fully saturated rings. The average Bonchev–Trinajstić information content (AvgIpc) is 2.76. The summed E-state index contributed by atoms with van der Waals surface area (Å²) in [6, 6.07) is 11.8. The highest BCUT2D eigenvalue weighted by Gasteiger charge is 2.25. The van der Waals surface area contributed by atoms with Crippen LogP contribution in [0.15, 0.2) is 59.5 Å². The number of nitrogens with one attached hydrogen (secondary N) is 1. The van der Waals surface area contributed by atoms with E-state index in [0.29, 0.717) is 6.42 Å². The molecule has 8 nitrogen and oxygen atoms in total. The Bertz CT molecular complexity index is 1260. The molecule has 9 heteroatoms. The zero-order valence-corrected chi connectivity index (χ0v) is 18.2. The maximum atomic E-state index is 13.7. The van der Waals surface area contributed by atoms with Gasteiger partial charge in [0.1, 0.15) is 11.6 Å².